The van der Waals surface area contributed by atoms with Crippen LogP contribution in [-0.4, -0.2) is 23.3 Å². The molecule has 0 aromatic heterocycles. The summed E-state index contributed by atoms with van der Waals surface area (Å²) in [6.07, 6.45) is 0.603. The summed E-state index contributed by atoms with van der Waals surface area (Å²) in [6.45, 7) is 2.48. The van der Waals surface area contributed by atoms with Crippen LogP contribution in [0.3, 0.4) is 0 Å². The highest BCUT2D eigenvalue weighted by molar-refractivity contribution is 9.10. The van der Waals surface area contributed by atoms with Crippen molar-refractivity contribution in [2.24, 2.45) is 0 Å². The van der Waals surface area contributed by atoms with E-state index in [1.807, 2.05) is 0 Å². The predicted molar refractivity (Wildman–Crippen MR) is 37.8 cm³/mol. The van der Waals surface area contributed by atoms with Gasteiger partial charge in [0, 0.05) is 6.61 Å². The molecule has 3 heteroatoms. The van der Waals surface area contributed by atoms with Crippen LogP contribution in [0.5, 0.6) is 0 Å². The van der Waals surface area contributed by atoms with Gasteiger partial charge < -0.3 is 4.74 Å². The minimum Gasteiger partial charge on any atom is -0.371 e. The van der Waals surface area contributed by atoms with Crippen molar-refractivity contribution in [2.45, 2.75) is 24.3 Å². The van der Waals surface area contributed by atoms with Gasteiger partial charge in [0.15, 0.2) is 5.78 Å². The van der Waals surface area contributed by atoms with Crippen molar-refractivity contribution in [1.29, 1.82) is 0 Å². The number of halogens is 1. The van der Waals surface area contributed by atoms with Crippen LogP contribution in [0.4, 0.5) is 0 Å². The summed E-state index contributed by atoms with van der Waals surface area (Å²) in [5.74, 6) is 0.168. The number of Topliss-reactive ketones (excluding diaryl/α,β-unsaturated/α-hetero) is 1. The first-order valence-electron chi connectivity index (χ1n) is 3.01. The second kappa shape index (κ2) is 2.80. The van der Waals surface area contributed by atoms with E-state index >= 15 is 0 Å². The number of rotatable bonds is 0. The van der Waals surface area contributed by atoms with Crippen LogP contribution in [-0.2, 0) is 9.53 Å². The van der Waals surface area contributed by atoms with E-state index in [-0.39, 0.29) is 16.7 Å². The quantitative estimate of drug-likeness (QED) is 0.539. The lowest BCUT2D eigenvalue weighted by molar-refractivity contribution is -0.133. The number of ether oxygens (including phenoxy) is 1. The first-order valence-corrected chi connectivity index (χ1v) is 3.93. The molecule has 1 rings (SSSR count). The Morgan fingerprint density at radius 3 is 2.89 bits per heavy atom. The summed E-state index contributed by atoms with van der Waals surface area (Å²) in [4.78, 5) is 11.0. The Labute approximate surface area is 62.7 Å². The zero-order valence-corrected chi connectivity index (χ0v) is 6.85. The summed E-state index contributed by atoms with van der Waals surface area (Å²) in [7, 11) is 0. The molecule has 1 heterocycles. The zero-order chi connectivity index (χ0) is 6.85. The number of alkyl halides is 1. The van der Waals surface area contributed by atoms with E-state index in [1.54, 1.807) is 6.92 Å². The lowest BCUT2D eigenvalue weighted by atomic mass is 10.1. The largest absolute Gasteiger partial charge is 0.371 e. The molecule has 1 aliphatic heterocycles. The van der Waals surface area contributed by atoms with E-state index in [0.717, 1.165) is 6.42 Å². The maximum Gasteiger partial charge on any atom is 0.174 e. The molecule has 0 bridgehead atoms. The molecule has 2 unspecified atom stereocenters. The third-order valence-corrected chi connectivity index (χ3v) is 2.36. The SMILES string of the molecule is CC1OCCC(Br)C1=O. The predicted octanol–water partition coefficient (Wildman–Crippen LogP) is 1.13. The number of carbonyl (C=O) groups is 1. The number of hydrogen-bond donors (Lipinski definition) is 0. The van der Waals surface area contributed by atoms with Gasteiger partial charge in [0.25, 0.3) is 0 Å². The first kappa shape index (κ1) is 7.22. The summed E-state index contributed by atoms with van der Waals surface area (Å²) in [5.41, 5.74) is 0. The monoisotopic (exact) mass is 192 g/mol. The smallest absolute Gasteiger partial charge is 0.174 e. The molecule has 2 nitrogen and oxygen atoms in total. The average molecular weight is 193 g/mol. The van der Waals surface area contributed by atoms with Crippen molar-refractivity contribution >= 4 is 21.7 Å². The zero-order valence-electron chi connectivity index (χ0n) is 5.26. The fourth-order valence-electron chi connectivity index (χ4n) is 0.827. The number of ketones is 1. The van der Waals surface area contributed by atoms with Gasteiger partial charge in [0.2, 0.25) is 0 Å². The third-order valence-electron chi connectivity index (χ3n) is 1.45. The Kier molecular flexibility index (Phi) is 2.24. The van der Waals surface area contributed by atoms with E-state index in [4.69, 9.17) is 4.74 Å². The normalized spacial score (nSPS) is 36.9. The highest BCUT2D eigenvalue weighted by Crippen LogP contribution is 2.16. The Bertz CT molecular complexity index is 112. The van der Waals surface area contributed by atoms with Crippen molar-refractivity contribution < 1.29 is 9.53 Å². The van der Waals surface area contributed by atoms with Crippen LogP contribution >= 0.6 is 15.9 Å². The lowest BCUT2D eigenvalue weighted by Crippen LogP contribution is -2.34. The standard InChI is InChI=1S/C6H9BrO2/c1-4-6(8)5(7)2-3-9-4/h4-5H,2-3H2,1H3. The van der Waals surface area contributed by atoms with Gasteiger partial charge in [0.1, 0.15) is 6.10 Å². The summed E-state index contributed by atoms with van der Waals surface area (Å²) in [6, 6.07) is 0. The molecule has 9 heavy (non-hydrogen) atoms. The maximum absolute atomic E-state index is 11.0. The number of hydrogen-bond acceptors (Lipinski definition) is 2. The van der Waals surface area contributed by atoms with E-state index in [9.17, 15) is 4.79 Å². The molecule has 0 aliphatic carbocycles. The Balaban J connectivity index is 2.52. The molecule has 0 aromatic rings. The minimum absolute atomic E-state index is 0.0289. The molecule has 0 N–H and O–H groups in total. The molecule has 0 radical (unpaired) electrons. The molecular weight excluding hydrogens is 184 g/mol. The van der Waals surface area contributed by atoms with Crippen molar-refractivity contribution in [2.75, 3.05) is 6.61 Å². The lowest BCUT2D eigenvalue weighted by Gasteiger charge is -2.21. The second-order valence-corrected chi connectivity index (χ2v) is 3.28. The minimum atomic E-state index is -0.205. The summed E-state index contributed by atoms with van der Waals surface area (Å²) >= 11 is 3.26. The van der Waals surface area contributed by atoms with Crippen LogP contribution in [0.25, 0.3) is 0 Å². The third kappa shape index (κ3) is 1.52. The molecule has 52 valence electrons. The molecule has 0 saturated carbocycles. The van der Waals surface area contributed by atoms with Gasteiger partial charge in [-0.15, -0.1) is 0 Å². The molecular formula is C6H9BrO2. The molecule has 0 amide bonds. The van der Waals surface area contributed by atoms with E-state index in [1.165, 1.54) is 0 Å². The van der Waals surface area contributed by atoms with E-state index in [2.05, 4.69) is 15.9 Å². The Morgan fingerprint density at radius 2 is 2.44 bits per heavy atom. The van der Waals surface area contributed by atoms with Crippen molar-refractivity contribution in [3.8, 4) is 0 Å². The molecule has 2 atom stereocenters. The summed E-state index contributed by atoms with van der Waals surface area (Å²) < 4.78 is 5.08. The number of carbonyl (C=O) groups excluding carboxylic acids is 1. The fraction of sp³-hybridized carbons (Fsp3) is 0.833. The van der Waals surface area contributed by atoms with Crippen LogP contribution in [0.2, 0.25) is 0 Å². The molecule has 1 fully saturated rings. The van der Waals surface area contributed by atoms with Gasteiger partial charge in [-0.1, -0.05) is 15.9 Å². The Morgan fingerprint density at radius 1 is 1.78 bits per heavy atom. The maximum atomic E-state index is 11.0. The molecule has 1 saturated heterocycles. The molecule has 0 aromatic carbocycles. The van der Waals surface area contributed by atoms with E-state index < -0.39 is 0 Å². The van der Waals surface area contributed by atoms with Crippen molar-refractivity contribution in [1.82, 2.24) is 0 Å². The topological polar surface area (TPSA) is 26.3 Å². The second-order valence-electron chi connectivity index (χ2n) is 2.17. The van der Waals surface area contributed by atoms with Crippen LogP contribution < -0.4 is 0 Å². The first-order chi connectivity index (χ1) is 4.22. The highest BCUT2D eigenvalue weighted by Gasteiger charge is 2.26. The highest BCUT2D eigenvalue weighted by atomic mass is 79.9. The molecule has 0 spiro atoms. The van der Waals surface area contributed by atoms with E-state index in [0.29, 0.717) is 6.61 Å². The van der Waals surface area contributed by atoms with Gasteiger partial charge in [-0.25, -0.2) is 0 Å². The summed E-state index contributed by atoms with van der Waals surface area (Å²) in [5, 5.41) is 0. The van der Waals surface area contributed by atoms with Gasteiger partial charge in [-0.2, -0.15) is 0 Å². The van der Waals surface area contributed by atoms with Crippen LogP contribution in [0.1, 0.15) is 13.3 Å². The van der Waals surface area contributed by atoms with Crippen LogP contribution in [0.15, 0.2) is 0 Å². The average Bonchev–Trinajstić information content (AvgIpc) is 1.83. The van der Waals surface area contributed by atoms with Gasteiger partial charge in [-0.3, -0.25) is 4.79 Å². The Hall–Kier alpha value is 0.110. The van der Waals surface area contributed by atoms with Crippen molar-refractivity contribution in [3.05, 3.63) is 0 Å². The van der Waals surface area contributed by atoms with Gasteiger partial charge in [0.05, 0.1) is 4.83 Å². The van der Waals surface area contributed by atoms with Gasteiger partial charge in [-0.05, 0) is 13.3 Å². The van der Waals surface area contributed by atoms with Crippen molar-refractivity contribution in [3.63, 3.8) is 0 Å². The molecule has 1 aliphatic rings. The fourth-order valence-corrected chi connectivity index (χ4v) is 1.39. The van der Waals surface area contributed by atoms with Crippen LogP contribution in [0, 0.1) is 0 Å². The van der Waals surface area contributed by atoms with Gasteiger partial charge >= 0.3 is 0 Å².